The molecule has 0 radical (unpaired) electrons. The van der Waals surface area contributed by atoms with Crippen molar-refractivity contribution in [2.45, 2.75) is 19.3 Å². The van der Waals surface area contributed by atoms with E-state index in [-0.39, 0.29) is 0 Å². The first kappa shape index (κ1) is 12.3. The lowest BCUT2D eigenvalue weighted by atomic mass is 10.3. The van der Waals surface area contributed by atoms with E-state index in [4.69, 9.17) is 4.74 Å². The Hall–Kier alpha value is -1.69. The highest BCUT2D eigenvalue weighted by atomic mass is 16.5. The molecular weight excluding hydrogens is 242 g/mol. The van der Waals surface area contributed by atoms with E-state index in [1.807, 2.05) is 7.05 Å². The Labute approximate surface area is 112 Å². The zero-order chi connectivity index (χ0) is 13.1. The molecule has 2 heterocycles. The number of hydrogen-bond donors (Lipinski definition) is 1. The molecule has 0 unspecified atom stereocenters. The highest BCUT2D eigenvalue weighted by Gasteiger charge is 2.20. The molecule has 1 aliphatic carbocycles. The van der Waals surface area contributed by atoms with Crippen LogP contribution in [0.1, 0.15) is 19.3 Å². The van der Waals surface area contributed by atoms with E-state index < -0.39 is 0 Å². The largest absolute Gasteiger partial charge is 0.381 e. The average Bonchev–Trinajstić information content (AvgIpc) is 3.17. The van der Waals surface area contributed by atoms with Gasteiger partial charge in [0.1, 0.15) is 12.1 Å². The normalized spacial score (nSPS) is 15.0. The summed E-state index contributed by atoms with van der Waals surface area (Å²) in [5, 5.41) is 8.47. The molecule has 6 nitrogen and oxygen atoms in total. The number of nitrogens with zero attached hydrogens (tertiary/aromatic N) is 4. The first-order valence-corrected chi connectivity index (χ1v) is 6.79. The summed E-state index contributed by atoms with van der Waals surface area (Å²) in [7, 11) is 1.88. The Bertz CT molecular complexity index is 549. The summed E-state index contributed by atoms with van der Waals surface area (Å²) in [6.07, 6.45) is 7.03. The number of anilines is 1. The molecule has 1 N–H and O–H groups in total. The van der Waals surface area contributed by atoms with Crippen LogP contribution in [-0.4, -0.2) is 39.5 Å². The Morgan fingerprint density at radius 1 is 1.42 bits per heavy atom. The fourth-order valence-corrected chi connectivity index (χ4v) is 2.02. The van der Waals surface area contributed by atoms with Crippen LogP contribution >= 0.6 is 0 Å². The first-order chi connectivity index (χ1) is 9.34. The molecule has 0 aliphatic heterocycles. The molecule has 0 spiro atoms. The highest BCUT2D eigenvalue weighted by molar-refractivity contribution is 5.85. The second-order valence-corrected chi connectivity index (χ2v) is 5.03. The monoisotopic (exact) mass is 261 g/mol. The number of fused-ring (bicyclic) bond motifs is 1. The lowest BCUT2D eigenvalue weighted by Crippen LogP contribution is -2.08. The molecule has 102 valence electrons. The molecule has 2 aromatic rings. The van der Waals surface area contributed by atoms with Crippen molar-refractivity contribution < 1.29 is 4.74 Å². The first-order valence-electron chi connectivity index (χ1n) is 6.79. The molecule has 0 amide bonds. The van der Waals surface area contributed by atoms with Crippen LogP contribution in [0.3, 0.4) is 0 Å². The number of aryl methyl sites for hydroxylation is 1. The molecule has 1 fully saturated rings. The van der Waals surface area contributed by atoms with Crippen LogP contribution in [0.25, 0.3) is 11.0 Å². The summed E-state index contributed by atoms with van der Waals surface area (Å²) in [5.41, 5.74) is 0.850. The Balaban J connectivity index is 1.47. The van der Waals surface area contributed by atoms with Gasteiger partial charge in [0.15, 0.2) is 5.65 Å². The summed E-state index contributed by atoms with van der Waals surface area (Å²) in [5.74, 6) is 1.69. The van der Waals surface area contributed by atoms with Gasteiger partial charge in [0.2, 0.25) is 0 Å². The minimum absolute atomic E-state index is 0.810. The van der Waals surface area contributed by atoms with Gasteiger partial charge in [0, 0.05) is 26.8 Å². The van der Waals surface area contributed by atoms with Crippen LogP contribution in [0.2, 0.25) is 0 Å². The van der Waals surface area contributed by atoms with Crippen molar-refractivity contribution in [3.8, 4) is 0 Å². The molecule has 6 heteroatoms. The van der Waals surface area contributed by atoms with Crippen LogP contribution in [-0.2, 0) is 11.8 Å². The third kappa shape index (κ3) is 3.01. The molecule has 0 saturated heterocycles. The molecule has 3 rings (SSSR count). The Kier molecular flexibility index (Phi) is 3.59. The number of rotatable bonds is 7. The molecule has 1 aliphatic rings. The highest BCUT2D eigenvalue weighted by Crippen LogP contribution is 2.28. The maximum absolute atomic E-state index is 5.60. The van der Waals surface area contributed by atoms with E-state index in [0.717, 1.165) is 48.9 Å². The van der Waals surface area contributed by atoms with Crippen molar-refractivity contribution >= 4 is 16.9 Å². The van der Waals surface area contributed by atoms with Crippen molar-refractivity contribution in [1.82, 2.24) is 19.7 Å². The molecule has 1 saturated carbocycles. The summed E-state index contributed by atoms with van der Waals surface area (Å²) < 4.78 is 7.35. The van der Waals surface area contributed by atoms with E-state index in [1.54, 1.807) is 17.2 Å². The molecule has 0 aromatic carbocycles. The second-order valence-electron chi connectivity index (χ2n) is 5.03. The summed E-state index contributed by atoms with van der Waals surface area (Å²) in [6, 6.07) is 0. The standard InChI is InChI=1S/C13H19N5O/c1-18-13-11(7-17-18)12(15-9-16-13)14-5-2-6-19-8-10-3-4-10/h7,9-10H,2-6,8H2,1H3,(H,14,15,16). The molecule has 0 atom stereocenters. The maximum atomic E-state index is 5.60. The van der Waals surface area contributed by atoms with Gasteiger partial charge in [-0.2, -0.15) is 5.10 Å². The number of ether oxygens (including phenoxy) is 1. The predicted molar refractivity (Wildman–Crippen MR) is 73.0 cm³/mol. The summed E-state index contributed by atoms with van der Waals surface area (Å²) in [6.45, 7) is 2.59. The zero-order valence-electron chi connectivity index (χ0n) is 11.2. The zero-order valence-corrected chi connectivity index (χ0v) is 11.2. The number of hydrogen-bond acceptors (Lipinski definition) is 5. The third-order valence-corrected chi connectivity index (χ3v) is 3.34. The molecular formula is C13H19N5O. The number of aromatic nitrogens is 4. The van der Waals surface area contributed by atoms with Gasteiger partial charge in [-0.3, -0.25) is 4.68 Å². The van der Waals surface area contributed by atoms with E-state index in [0.29, 0.717) is 0 Å². The maximum Gasteiger partial charge on any atom is 0.163 e. The van der Waals surface area contributed by atoms with Gasteiger partial charge in [-0.1, -0.05) is 0 Å². The quantitative estimate of drug-likeness (QED) is 0.767. The van der Waals surface area contributed by atoms with E-state index in [9.17, 15) is 0 Å². The van der Waals surface area contributed by atoms with Crippen LogP contribution in [0, 0.1) is 5.92 Å². The van der Waals surface area contributed by atoms with Crippen molar-refractivity contribution in [2.24, 2.45) is 13.0 Å². The average molecular weight is 261 g/mol. The van der Waals surface area contributed by atoms with Crippen molar-refractivity contribution in [3.63, 3.8) is 0 Å². The van der Waals surface area contributed by atoms with Crippen LogP contribution < -0.4 is 5.32 Å². The van der Waals surface area contributed by atoms with Gasteiger partial charge in [0.05, 0.1) is 11.6 Å². The van der Waals surface area contributed by atoms with Gasteiger partial charge in [0.25, 0.3) is 0 Å². The van der Waals surface area contributed by atoms with Crippen LogP contribution in [0.15, 0.2) is 12.5 Å². The van der Waals surface area contributed by atoms with Gasteiger partial charge < -0.3 is 10.1 Å². The molecule has 19 heavy (non-hydrogen) atoms. The summed E-state index contributed by atoms with van der Waals surface area (Å²) >= 11 is 0. The minimum Gasteiger partial charge on any atom is -0.381 e. The van der Waals surface area contributed by atoms with Crippen molar-refractivity contribution in [3.05, 3.63) is 12.5 Å². The topological polar surface area (TPSA) is 64.9 Å². The van der Waals surface area contributed by atoms with Gasteiger partial charge in [-0.25, -0.2) is 9.97 Å². The molecule has 2 aromatic heterocycles. The number of nitrogens with one attached hydrogen (secondary N) is 1. The lowest BCUT2D eigenvalue weighted by Gasteiger charge is -2.06. The fourth-order valence-electron chi connectivity index (χ4n) is 2.02. The lowest BCUT2D eigenvalue weighted by molar-refractivity contribution is 0.124. The van der Waals surface area contributed by atoms with E-state index in [1.165, 1.54) is 12.8 Å². The SMILES string of the molecule is Cn1ncc2c(NCCCOCC3CC3)ncnc21. The second kappa shape index (κ2) is 5.52. The van der Waals surface area contributed by atoms with Crippen molar-refractivity contribution in [1.29, 1.82) is 0 Å². The minimum atomic E-state index is 0.810. The predicted octanol–water partition coefficient (Wildman–Crippen LogP) is 1.59. The van der Waals surface area contributed by atoms with Crippen LogP contribution in [0.4, 0.5) is 5.82 Å². The summed E-state index contributed by atoms with van der Waals surface area (Å²) in [4.78, 5) is 8.47. The smallest absolute Gasteiger partial charge is 0.163 e. The fraction of sp³-hybridized carbons (Fsp3) is 0.615. The van der Waals surface area contributed by atoms with Gasteiger partial charge >= 0.3 is 0 Å². The van der Waals surface area contributed by atoms with Gasteiger partial charge in [-0.05, 0) is 25.2 Å². The Morgan fingerprint density at radius 3 is 3.16 bits per heavy atom. The van der Waals surface area contributed by atoms with Gasteiger partial charge in [-0.15, -0.1) is 0 Å². The Morgan fingerprint density at radius 2 is 2.32 bits per heavy atom. The third-order valence-electron chi connectivity index (χ3n) is 3.34. The molecule has 0 bridgehead atoms. The van der Waals surface area contributed by atoms with E-state index >= 15 is 0 Å². The van der Waals surface area contributed by atoms with E-state index in [2.05, 4.69) is 20.4 Å². The van der Waals surface area contributed by atoms with Crippen LogP contribution in [0.5, 0.6) is 0 Å². The van der Waals surface area contributed by atoms with Crippen molar-refractivity contribution in [2.75, 3.05) is 25.1 Å².